The van der Waals surface area contributed by atoms with Crippen LogP contribution in [0.25, 0.3) is 0 Å². The molecule has 1 aromatic heterocycles. The first-order valence-electron chi connectivity index (χ1n) is 5.81. The van der Waals surface area contributed by atoms with Gasteiger partial charge in [-0.1, -0.05) is 0 Å². The monoisotopic (exact) mass is 220 g/mol. The normalized spacial score (nSPS) is 24.2. The maximum absolute atomic E-state index is 4.07. The molecular formula is C12H20N4. The summed E-state index contributed by atoms with van der Waals surface area (Å²) in [6.45, 7) is 3.22. The summed E-state index contributed by atoms with van der Waals surface area (Å²) >= 11 is 0. The van der Waals surface area contributed by atoms with Gasteiger partial charge in [0.15, 0.2) is 0 Å². The summed E-state index contributed by atoms with van der Waals surface area (Å²) in [6.07, 6.45) is 3.71. The Morgan fingerprint density at radius 2 is 2.25 bits per heavy atom. The Hall–Kier alpha value is -0.970. The van der Waals surface area contributed by atoms with Crippen molar-refractivity contribution in [2.45, 2.75) is 12.1 Å². The lowest BCUT2D eigenvalue weighted by atomic mass is 9.98. The van der Waals surface area contributed by atoms with Crippen LogP contribution in [0.15, 0.2) is 24.5 Å². The van der Waals surface area contributed by atoms with Crippen LogP contribution < -0.4 is 10.6 Å². The smallest absolute Gasteiger partial charge is 0.0489 e. The van der Waals surface area contributed by atoms with Gasteiger partial charge in [-0.05, 0) is 31.8 Å². The van der Waals surface area contributed by atoms with E-state index >= 15 is 0 Å². The quantitative estimate of drug-likeness (QED) is 0.766. The molecular weight excluding hydrogens is 200 g/mol. The van der Waals surface area contributed by atoms with Gasteiger partial charge in [-0.25, -0.2) is 0 Å². The van der Waals surface area contributed by atoms with Crippen LogP contribution in [-0.4, -0.2) is 49.7 Å². The number of piperazine rings is 1. The van der Waals surface area contributed by atoms with Gasteiger partial charge in [-0.2, -0.15) is 0 Å². The average Bonchev–Trinajstić information content (AvgIpc) is 2.34. The van der Waals surface area contributed by atoms with E-state index in [1.807, 2.05) is 19.4 Å². The van der Waals surface area contributed by atoms with Crippen molar-refractivity contribution in [3.05, 3.63) is 30.1 Å². The molecule has 0 aliphatic carbocycles. The van der Waals surface area contributed by atoms with E-state index in [0.717, 1.165) is 19.6 Å². The van der Waals surface area contributed by atoms with Crippen LogP contribution in [0.5, 0.6) is 0 Å². The highest BCUT2D eigenvalue weighted by molar-refractivity contribution is 5.17. The predicted octanol–water partition coefficient (Wildman–Crippen LogP) is 0.246. The zero-order valence-corrected chi connectivity index (χ0v) is 9.98. The van der Waals surface area contributed by atoms with Crippen LogP contribution in [0, 0.1) is 0 Å². The molecule has 0 spiro atoms. The second-order valence-corrected chi connectivity index (χ2v) is 4.30. The molecule has 1 aromatic rings. The minimum atomic E-state index is 0.362. The van der Waals surface area contributed by atoms with Gasteiger partial charge in [0.1, 0.15) is 0 Å². The van der Waals surface area contributed by atoms with E-state index in [4.69, 9.17) is 0 Å². The van der Waals surface area contributed by atoms with E-state index in [1.165, 1.54) is 5.56 Å². The molecule has 0 saturated carbocycles. The van der Waals surface area contributed by atoms with Crippen LogP contribution >= 0.6 is 0 Å². The van der Waals surface area contributed by atoms with Crippen molar-refractivity contribution in [1.82, 2.24) is 20.5 Å². The number of nitrogens with zero attached hydrogens (tertiary/aromatic N) is 2. The molecule has 88 valence electrons. The fourth-order valence-electron chi connectivity index (χ4n) is 2.35. The Morgan fingerprint density at radius 1 is 1.50 bits per heavy atom. The average molecular weight is 220 g/mol. The molecule has 0 radical (unpaired) electrons. The van der Waals surface area contributed by atoms with Crippen LogP contribution in [0.2, 0.25) is 0 Å². The van der Waals surface area contributed by atoms with E-state index in [-0.39, 0.29) is 0 Å². The number of rotatable bonds is 3. The van der Waals surface area contributed by atoms with Crippen LogP contribution in [0.4, 0.5) is 0 Å². The van der Waals surface area contributed by atoms with Crippen molar-refractivity contribution in [3.8, 4) is 0 Å². The van der Waals surface area contributed by atoms with Crippen molar-refractivity contribution < 1.29 is 0 Å². The van der Waals surface area contributed by atoms with Crippen LogP contribution in [-0.2, 0) is 0 Å². The van der Waals surface area contributed by atoms with Gasteiger partial charge in [0.2, 0.25) is 0 Å². The third-order valence-electron chi connectivity index (χ3n) is 3.32. The zero-order chi connectivity index (χ0) is 11.4. The first-order valence-corrected chi connectivity index (χ1v) is 5.81. The second-order valence-electron chi connectivity index (χ2n) is 4.30. The van der Waals surface area contributed by atoms with Crippen molar-refractivity contribution in [3.63, 3.8) is 0 Å². The Labute approximate surface area is 97.1 Å². The lowest BCUT2D eigenvalue weighted by Crippen LogP contribution is -2.54. The van der Waals surface area contributed by atoms with Gasteiger partial charge in [0.25, 0.3) is 0 Å². The summed E-state index contributed by atoms with van der Waals surface area (Å²) in [4.78, 5) is 6.48. The fraction of sp³-hybridized carbons (Fsp3) is 0.583. The molecule has 1 saturated heterocycles. The van der Waals surface area contributed by atoms with Crippen molar-refractivity contribution >= 4 is 0 Å². The highest BCUT2D eigenvalue weighted by Crippen LogP contribution is 2.20. The molecule has 4 nitrogen and oxygen atoms in total. The fourth-order valence-corrected chi connectivity index (χ4v) is 2.35. The largest absolute Gasteiger partial charge is 0.314 e. The summed E-state index contributed by atoms with van der Waals surface area (Å²) in [5, 5.41) is 6.86. The Balaban J connectivity index is 2.15. The van der Waals surface area contributed by atoms with E-state index in [2.05, 4.69) is 39.7 Å². The molecule has 0 aromatic carbocycles. The minimum absolute atomic E-state index is 0.362. The number of nitrogens with one attached hydrogen (secondary N) is 2. The van der Waals surface area contributed by atoms with Crippen molar-refractivity contribution in [2.24, 2.45) is 0 Å². The summed E-state index contributed by atoms with van der Waals surface area (Å²) < 4.78 is 0. The topological polar surface area (TPSA) is 40.2 Å². The number of aromatic nitrogens is 1. The zero-order valence-electron chi connectivity index (χ0n) is 9.98. The summed E-state index contributed by atoms with van der Waals surface area (Å²) in [5.74, 6) is 0. The van der Waals surface area contributed by atoms with Gasteiger partial charge in [0.05, 0.1) is 0 Å². The highest BCUT2D eigenvalue weighted by atomic mass is 15.2. The molecule has 4 heteroatoms. The SMILES string of the molecule is CNC(c1ccncc1)C1CNCCN1C. The molecule has 2 atom stereocenters. The lowest BCUT2D eigenvalue weighted by Gasteiger charge is -2.38. The first kappa shape index (κ1) is 11.5. The van der Waals surface area contributed by atoms with Crippen molar-refractivity contribution in [1.29, 1.82) is 0 Å². The second kappa shape index (κ2) is 5.39. The molecule has 2 unspecified atom stereocenters. The Bertz CT molecular complexity index is 314. The molecule has 16 heavy (non-hydrogen) atoms. The predicted molar refractivity (Wildman–Crippen MR) is 65.3 cm³/mol. The van der Waals surface area contributed by atoms with Crippen LogP contribution in [0.1, 0.15) is 11.6 Å². The molecule has 1 aliphatic rings. The van der Waals surface area contributed by atoms with Gasteiger partial charge in [-0.15, -0.1) is 0 Å². The Morgan fingerprint density at radius 3 is 2.88 bits per heavy atom. The number of hydrogen-bond donors (Lipinski definition) is 2. The van der Waals surface area contributed by atoms with Gasteiger partial charge in [0, 0.05) is 44.1 Å². The van der Waals surface area contributed by atoms with Crippen molar-refractivity contribution in [2.75, 3.05) is 33.7 Å². The number of hydrogen-bond acceptors (Lipinski definition) is 4. The molecule has 1 aliphatic heterocycles. The molecule has 0 amide bonds. The highest BCUT2D eigenvalue weighted by Gasteiger charge is 2.27. The maximum atomic E-state index is 4.07. The third-order valence-corrected chi connectivity index (χ3v) is 3.32. The summed E-state index contributed by atoms with van der Waals surface area (Å²) in [7, 11) is 4.21. The van der Waals surface area contributed by atoms with Gasteiger partial charge < -0.3 is 10.6 Å². The van der Waals surface area contributed by atoms with E-state index in [1.54, 1.807) is 0 Å². The van der Waals surface area contributed by atoms with Gasteiger partial charge in [-0.3, -0.25) is 9.88 Å². The standard InChI is InChI=1S/C12H20N4/c1-13-12(10-3-5-14-6-4-10)11-9-15-7-8-16(11)2/h3-6,11-13,15H,7-9H2,1-2H3. The number of likely N-dealkylation sites (N-methyl/N-ethyl adjacent to an activating group) is 2. The lowest BCUT2D eigenvalue weighted by molar-refractivity contribution is 0.162. The minimum Gasteiger partial charge on any atom is -0.314 e. The van der Waals surface area contributed by atoms with E-state index < -0.39 is 0 Å². The third kappa shape index (κ3) is 2.40. The Kier molecular flexibility index (Phi) is 3.88. The van der Waals surface area contributed by atoms with Gasteiger partial charge >= 0.3 is 0 Å². The maximum Gasteiger partial charge on any atom is 0.0489 e. The molecule has 1 fully saturated rings. The molecule has 2 rings (SSSR count). The van der Waals surface area contributed by atoms with E-state index in [0.29, 0.717) is 12.1 Å². The molecule has 2 heterocycles. The van der Waals surface area contributed by atoms with Crippen LogP contribution in [0.3, 0.4) is 0 Å². The molecule has 2 N–H and O–H groups in total. The number of pyridine rings is 1. The molecule has 0 bridgehead atoms. The first-order chi connectivity index (χ1) is 7.83. The summed E-state index contributed by atoms with van der Waals surface area (Å²) in [6, 6.07) is 5.04. The summed E-state index contributed by atoms with van der Waals surface area (Å²) in [5.41, 5.74) is 1.30. The van der Waals surface area contributed by atoms with E-state index in [9.17, 15) is 0 Å².